The summed E-state index contributed by atoms with van der Waals surface area (Å²) < 4.78 is 11.8. The molecule has 3 aliphatic heterocycles. The van der Waals surface area contributed by atoms with Crippen LogP contribution in [0.3, 0.4) is 0 Å². The van der Waals surface area contributed by atoms with E-state index in [2.05, 4.69) is 39.2 Å². The van der Waals surface area contributed by atoms with Crippen molar-refractivity contribution in [1.29, 1.82) is 0 Å². The molecule has 0 radical (unpaired) electrons. The molecule has 162 valence electrons. The Morgan fingerprint density at radius 1 is 1.17 bits per heavy atom. The number of nitrogens with zero attached hydrogens (tertiary/aromatic N) is 4. The Kier molecular flexibility index (Phi) is 8.80. The van der Waals surface area contributed by atoms with Gasteiger partial charge in [0.15, 0.2) is 5.96 Å². The van der Waals surface area contributed by atoms with E-state index in [9.17, 15) is 0 Å². The van der Waals surface area contributed by atoms with E-state index < -0.39 is 0 Å². The van der Waals surface area contributed by atoms with Gasteiger partial charge >= 0.3 is 0 Å². The molecule has 0 bridgehead atoms. The summed E-state index contributed by atoms with van der Waals surface area (Å²) in [5, 5.41) is 3.46. The number of pyridine rings is 1. The van der Waals surface area contributed by atoms with Crippen LogP contribution in [0.5, 0.6) is 0 Å². The monoisotopic (exact) mass is 515 g/mol. The number of rotatable bonds is 5. The molecule has 0 saturated carbocycles. The smallest absolute Gasteiger partial charge is 0.194 e. The Bertz CT molecular complexity index is 662. The van der Waals surface area contributed by atoms with Gasteiger partial charge in [-0.25, -0.2) is 9.98 Å². The van der Waals surface area contributed by atoms with Crippen LogP contribution in [0.4, 0.5) is 5.82 Å². The van der Waals surface area contributed by atoms with Gasteiger partial charge in [0.1, 0.15) is 11.9 Å². The number of morpholine rings is 1. The largest absolute Gasteiger partial charge is 0.375 e. The predicted molar refractivity (Wildman–Crippen MR) is 126 cm³/mol. The molecule has 3 saturated heterocycles. The zero-order valence-corrected chi connectivity index (χ0v) is 19.7. The van der Waals surface area contributed by atoms with Gasteiger partial charge in [-0.05, 0) is 50.3 Å². The summed E-state index contributed by atoms with van der Waals surface area (Å²) in [6, 6.07) is 4.26. The second-order valence-corrected chi connectivity index (χ2v) is 7.79. The minimum absolute atomic E-state index is 0. The predicted octanol–water partition coefficient (Wildman–Crippen LogP) is 2.65. The van der Waals surface area contributed by atoms with E-state index in [4.69, 9.17) is 14.5 Å². The molecule has 4 heterocycles. The Labute approximate surface area is 191 Å². The van der Waals surface area contributed by atoms with Gasteiger partial charge in [-0.3, -0.25) is 0 Å². The van der Waals surface area contributed by atoms with Gasteiger partial charge in [-0.2, -0.15) is 0 Å². The number of hydrogen-bond donors (Lipinski definition) is 1. The van der Waals surface area contributed by atoms with E-state index in [1.54, 1.807) is 0 Å². The van der Waals surface area contributed by atoms with Crippen molar-refractivity contribution in [3.63, 3.8) is 0 Å². The van der Waals surface area contributed by atoms with Crippen molar-refractivity contribution in [3.8, 4) is 0 Å². The molecule has 3 fully saturated rings. The van der Waals surface area contributed by atoms with Crippen molar-refractivity contribution in [2.75, 3.05) is 50.8 Å². The quantitative estimate of drug-likeness (QED) is 0.370. The van der Waals surface area contributed by atoms with E-state index in [1.807, 2.05) is 6.20 Å². The minimum atomic E-state index is 0. The van der Waals surface area contributed by atoms with Crippen molar-refractivity contribution >= 4 is 35.8 Å². The Hall–Kier alpha value is -1.13. The molecule has 0 spiro atoms. The van der Waals surface area contributed by atoms with Gasteiger partial charge < -0.3 is 24.6 Å². The first-order valence-corrected chi connectivity index (χ1v) is 10.8. The van der Waals surface area contributed by atoms with E-state index >= 15 is 0 Å². The van der Waals surface area contributed by atoms with Crippen LogP contribution in [0.1, 0.15) is 38.2 Å². The van der Waals surface area contributed by atoms with E-state index in [0.717, 1.165) is 70.6 Å². The maximum Gasteiger partial charge on any atom is 0.194 e. The summed E-state index contributed by atoms with van der Waals surface area (Å²) >= 11 is 0. The molecule has 8 heteroatoms. The number of aliphatic imine (C=N–C) groups is 1. The first-order chi connectivity index (χ1) is 13.8. The van der Waals surface area contributed by atoms with E-state index in [1.165, 1.54) is 18.4 Å². The number of ether oxygens (including phenoxy) is 2. The number of aromatic nitrogens is 1. The fraction of sp³-hybridized carbons (Fsp3) is 0.714. The van der Waals surface area contributed by atoms with Gasteiger partial charge in [0.25, 0.3) is 0 Å². The summed E-state index contributed by atoms with van der Waals surface area (Å²) in [5.74, 6) is 2.05. The van der Waals surface area contributed by atoms with Crippen LogP contribution in [-0.2, 0) is 16.0 Å². The zero-order chi connectivity index (χ0) is 19.2. The van der Waals surface area contributed by atoms with Crippen LogP contribution in [0.15, 0.2) is 23.3 Å². The van der Waals surface area contributed by atoms with Crippen LogP contribution in [0, 0.1) is 0 Å². The van der Waals surface area contributed by atoms with Crippen LogP contribution in [-0.4, -0.2) is 74.0 Å². The van der Waals surface area contributed by atoms with Gasteiger partial charge in [0.2, 0.25) is 0 Å². The summed E-state index contributed by atoms with van der Waals surface area (Å²) in [6.45, 7) is 9.15. The lowest BCUT2D eigenvalue weighted by Gasteiger charge is -2.37. The van der Waals surface area contributed by atoms with Crippen molar-refractivity contribution in [1.82, 2.24) is 15.2 Å². The highest BCUT2D eigenvalue weighted by atomic mass is 127. The number of halogens is 1. The molecule has 1 aromatic heterocycles. The molecule has 3 aliphatic rings. The molecule has 0 aromatic carbocycles. The second kappa shape index (κ2) is 11.3. The second-order valence-electron chi connectivity index (χ2n) is 7.79. The van der Waals surface area contributed by atoms with Crippen LogP contribution >= 0.6 is 24.0 Å². The van der Waals surface area contributed by atoms with Gasteiger partial charge in [0, 0.05) is 45.5 Å². The maximum absolute atomic E-state index is 5.99. The number of nitrogens with one attached hydrogen (secondary N) is 1. The summed E-state index contributed by atoms with van der Waals surface area (Å²) in [4.78, 5) is 14.2. The van der Waals surface area contributed by atoms with Crippen molar-refractivity contribution in [2.45, 2.75) is 51.4 Å². The summed E-state index contributed by atoms with van der Waals surface area (Å²) in [7, 11) is 0. The fourth-order valence-corrected chi connectivity index (χ4v) is 4.26. The van der Waals surface area contributed by atoms with Crippen LogP contribution < -0.4 is 10.2 Å². The molecular weight excluding hydrogens is 481 g/mol. The number of guanidine groups is 1. The van der Waals surface area contributed by atoms with Crippen molar-refractivity contribution in [3.05, 3.63) is 23.9 Å². The average molecular weight is 515 g/mol. The van der Waals surface area contributed by atoms with Crippen LogP contribution in [0.2, 0.25) is 0 Å². The van der Waals surface area contributed by atoms with E-state index in [0.29, 0.717) is 6.54 Å². The van der Waals surface area contributed by atoms with Crippen molar-refractivity contribution < 1.29 is 9.47 Å². The lowest BCUT2D eigenvalue weighted by atomic mass is 10.1. The molecular formula is C21H34IN5O2. The Morgan fingerprint density at radius 2 is 2.00 bits per heavy atom. The average Bonchev–Trinajstić information content (AvgIpc) is 3.46. The topological polar surface area (TPSA) is 62.2 Å². The number of hydrogen-bond acceptors (Lipinski definition) is 5. The third-order valence-corrected chi connectivity index (χ3v) is 5.76. The molecule has 4 rings (SSSR count). The zero-order valence-electron chi connectivity index (χ0n) is 17.4. The normalized spacial score (nSPS) is 25.2. The standard InChI is InChI=1S/C21H33N5O2.HI/c1-2-22-21(26-11-13-28-19(16-26)18-6-5-12-27-18)24-15-17-7-8-23-20(14-17)25-9-3-4-10-25;/h7-8,14,18-19H,2-6,9-13,15-16H2,1H3,(H,22,24);1H. The molecule has 29 heavy (non-hydrogen) atoms. The summed E-state index contributed by atoms with van der Waals surface area (Å²) in [6.07, 6.45) is 7.04. The number of anilines is 1. The van der Waals surface area contributed by atoms with Gasteiger partial charge in [-0.1, -0.05) is 0 Å². The lowest BCUT2D eigenvalue weighted by Crippen LogP contribution is -2.53. The molecule has 7 nitrogen and oxygen atoms in total. The molecule has 1 N–H and O–H groups in total. The third-order valence-electron chi connectivity index (χ3n) is 5.76. The highest BCUT2D eigenvalue weighted by Gasteiger charge is 2.32. The summed E-state index contributed by atoms with van der Waals surface area (Å²) in [5.41, 5.74) is 1.20. The van der Waals surface area contributed by atoms with E-state index in [-0.39, 0.29) is 36.2 Å². The first-order valence-electron chi connectivity index (χ1n) is 10.8. The first kappa shape index (κ1) is 22.6. The SMILES string of the molecule is CCNC(=NCc1ccnc(N2CCCC2)c1)N1CCOC(C2CCCO2)C1.I. The van der Waals surface area contributed by atoms with Crippen molar-refractivity contribution in [2.24, 2.45) is 4.99 Å². The third kappa shape index (κ3) is 5.95. The molecule has 2 unspecified atom stereocenters. The molecule has 0 amide bonds. The Balaban J connectivity index is 0.00000240. The van der Waals surface area contributed by atoms with Gasteiger partial charge in [-0.15, -0.1) is 24.0 Å². The molecule has 1 aromatic rings. The minimum Gasteiger partial charge on any atom is -0.375 e. The molecule has 2 atom stereocenters. The highest BCUT2D eigenvalue weighted by molar-refractivity contribution is 14.0. The van der Waals surface area contributed by atoms with Gasteiger partial charge in [0.05, 0.1) is 19.3 Å². The lowest BCUT2D eigenvalue weighted by molar-refractivity contribution is -0.0817. The fourth-order valence-electron chi connectivity index (χ4n) is 4.26. The maximum atomic E-state index is 5.99. The Morgan fingerprint density at radius 3 is 2.76 bits per heavy atom. The highest BCUT2D eigenvalue weighted by Crippen LogP contribution is 2.22. The van der Waals surface area contributed by atoms with Crippen LogP contribution in [0.25, 0.3) is 0 Å². The molecule has 0 aliphatic carbocycles.